The summed E-state index contributed by atoms with van der Waals surface area (Å²) < 4.78 is 12.6. The second-order valence-corrected chi connectivity index (χ2v) is 4.06. The van der Waals surface area contributed by atoms with Crippen LogP contribution in [0.5, 0.6) is 0 Å². The Morgan fingerprint density at radius 1 is 1.50 bits per heavy atom. The van der Waals surface area contributed by atoms with Crippen LogP contribution in [-0.4, -0.2) is 10.4 Å². The van der Waals surface area contributed by atoms with Gasteiger partial charge in [-0.3, -0.25) is 4.98 Å². The van der Waals surface area contributed by atoms with Gasteiger partial charge >= 0.3 is 0 Å². The molecule has 3 heteroatoms. The van der Waals surface area contributed by atoms with Crippen LogP contribution in [0.15, 0.2) is 18.3 Å². The van der Waals surface area contributed by atoms with Crippen molar-refractivity contribution >= 4 is 11.6 Å². The van der Waals surface area contributed by atoms with Crippen LogP contribution < -0.4 is 0 Å². The molecule has 0 amide bonds. The molecular weight excluding hydrogens is 201 g/mol. The molecule has 0 aliphatic rings. The number of hydrogen-bond acceptors (Lipinski definition) is 1. The van der Waals surface area contributed by atoms with Gasteiger partial charge in [0, 0.05) is 17.0 Å². The number of hydrogen-bond donors (Lipinski definition) is 0. The average molecular weight is 216 g/mol. The fraction of sp³-hybridized carbons (Fsp3) is 0.545. The molecule has 2 atom stereocenters. The van der Waals surface area contributed by atoms with Crippen molar-refractivity contribution in [2.75, 3.05) is 0 Å². The summed E-state index contributed by atoms with van der Waals surface area (Å²) in [5.74, 6) is -0.125. The molecule has 0 N–H and O–H groups in total. The molecule has 78 valence electrons. The van der Waals surface area contributed by atoms with Crippen molar-refractivity contribution in [2.45, 2.75) is 38.0 Å². The summed E-state index contributed by atoms with van der Waals surface area (Å²) >= 11 is 6.17. The summed E-state index contributed by atoms with van der Waals surface area (Å²) in [7, 11) is 0. The normalized spacial score (nSPS) is 15.1. The topological polar surface area (TPSA) is 12.9 Å². The van der Waals surface area contributed by atoms with Crippen molar-refractivity contribution in [1.82, 2.24) is 4.98 Å². The predicted molar refractivity (Wildman–Crippen MR) is 57.2 cm³/mol. The Balaban J connectivity index is 2.68. The minimum atomic E-state index is -0.303. The van der Waals surface area contributed by atoms with E-state index in [9.17, 15) is 4.39 Å². The Labute approximate surface area is 89.3 Å². The molecule has 14 heavy (non-hydrogen) atoms. The van der Waals surface area contributed by atoms with E-state index in [4.69, 9.17) is 11.6 Å². The summed E-state index contributed by atoms with van der Waals surface area (Å²) in [6.07, 6.45) is 3.25. The third-order valence-corrected chi connectivity index (χ3v) is 2.92. The predicted octanol–water partition coefficient (Wildman–Crippen LogP) is 3.73. The molecule has 1 heterocycles. The molecule has 1 rings (SSSR count). The van der Waals surface area contributed by atoms with Gasteiger partial charge in [-0.15, -0.1) is 11.6 Å². The molecule has 0 aliphatic carbocycles. The van der Waals surface area contributed by atoms with Crippen molar-refractivity contribution in [1.29, 1.82) is 0 Å². The van der Waals surface area contributed by atoms with Crippen molar-refractivity contribution in [3.05, 3.63) is 29.8 Å². The van der Waals surface area contributed by atoms with Crippen LogP contribution in [0.4, 0.5) is 4.39 Å². The van der Waals surface area contributed by atoms with E-state index in [1.165, 1.54) is 12.3 Å². The molecule has 0 saturated heterocycles. The van der Waals surface area contributed by atoms with Gasteiger partial charge in [-0.05, 0) is 18.6 Å². The van der Waals surface area contributed by atoms with E-state index in [1.807, 2.05) is 6.92 Å². The Morgan fingerprint density at radius 3 is 2.71 bits per heavy atom. The van der Waals surface area contributed by atoms with Crippen molar-refractivity contribution in [3.63, 3.8) is 0 Å². The Bertz CT molecular complexity index is 273. The van der Waals surface area contributed by atoms with E-state index in [1.54, 1.807) is 6.07 Å². The number of nitrogens with zero attached hydrogens (tertiary/aromatic N) is 1. The fourth-order valence-corrected chi connectivity index (χ4v) is 1.71. The zero-order valence-corrected chi connectivity index (χ0v) is 9.26. The number of rotatable bonds is 4. The van der Waals surface area contributed by atoms with E-state index in [-0.39, 0.29) is 17.1 Å². The maximum Gasteiger partial charge on any atom is 0.141 e. The van der Waals surface area contributed by atoms with Crippen LogP contribution in [0.3, 0.4) is 0 Å². The first-order chi connectivity index (χ1) is 6.65. The molecule has 1 nitrogen and oxygen atoms in total. The van der Waals surface area contributed by atoms with Crippen molar-refractivity contribution in [3.8, 4) is 0 Å². The number of pyridine rings is 1. The third-order valence-electron chi connectivity index (χ3n) is 2.32. The van der Waals surface area contributed by atoms with Crippen LogP contribution in [0.25, 0.3) is 0 Å². The first kappa shape index (κ1) is 11.4. The standard InChI is InChI=1S/C11H15ClFN/c1-3-4-10(12)8(2)11-6-5-9(13)7-14-11/h5-8,10H,3-4H2,1-2H3. The van der Waals surface area contributed by atoms with Crippen LogP contribution in [-0.2, 0) is 0 Å². The molecule has 0 bridgehead atoms. The summed E-state index contributed by atoms with van der Waals surface area (Å²) in [6, 6.07) is 3.12. The lowest BCUT2D eigenvalue weighted by molar-refractivity contribution is 0.598. The molecular formula is C11H15ClFN. The Kier molecular flexibility index (Phi) is 4.33. The maximum atomic E-state index is 12.6. The lowest BCUT2D eigenvalue weighted by Gasteiger charge is -2.16. The van der Waals surface area contributed by atoms with Gasteiger partial charge in [0.1, 0.15) is 5.82 Å². The van der Waals surface area contributed by atoms with Crippen LogP contribution in [0.1, 0.15) is 38.3 Å². The SMILES string of the molecule is CCCC(Cl)C(C)c1ccc(F)cn1. The van der Waals surface area contributed by atoms with Crippen LogP contribution in [0.2, 0.25) is 0 Å². The first-order valence-corrected chi connectivity index (χ1v) is 5.34. The van der Waals surface area contributed by atoms with Gasteiger partial charge < -0.3 is 0 Å². The summed E-state index contributed by atoms with van der Waals surface area (Å²) in [5, 5.41) is 0.0814. The zero-order valence-electron chi connectivity index (χ0n) is 8.50. The zero-order chi connectivity index (χ0) is 10.6. The molecule has 2 unspecified atom stereocenters. The molecule has 0 fully saturated rings. The minimum Gasteiger partial charge on any atom is -0.258 e. The van der Waals surface area contributed by atoms with E-state index >= 15 is 0 Å². The molecule has 1 aromatic rings. The van der Waals surface area contributed by atoms with Crippen LogP contribution in [0, 0.1) is 5.82 Å². The highest BCUT2D eigenvalue weighted by Gasteiger charge is 2.16. The molecule has 0 aromatic carbocycles. The second kappa shape index (κ2) is 5.30. The van der Waals surface area contributed by atoms with E-state index in [0.717, 1.165) is 18.5 Å². The van der Waals surface area contributed by atoms with Gasteiger partial charge in [-0.1, -0.05) is 20.3 Å². The number of halogens is 2. The highest BCUT2D eigenvalue weighted by Crippen LogP contribution is 2.24. The van der Waals surface area contributed by atoms with Crippen LogP contribution >= 0.6 is 11.6 Å². The minimum absolute atomic E-state index is 0.0814. The number of alkyl halides is 1. The third kappa shape index (κ3) is 2.95. The largest absolute Gasteiger partial charge is 0.258 e. The molecule has 0 spiro atoms. The summed E-state index contributed by atoms with van der Waals surface area (Å²) in [4.78, 5) is 4.02. The van der Waals surface area contributed by atoms with Gasteiger partial charge in [0.25, 0.3) is 0 Å². The first-order valence-electron chi connectivity index (χ1n) is 4.90. The van der Waals surface area contributed by atoms with E-state index in [2.05, 4.69) is 11.9 Å². The fourth-order valence-electron chi connectivity index (χ4n) is 1.37. The van der Waals surface area contributed by atoms with Crippen molar-refractivity contribution in [2.24, 2.45) is 0 Å². The molecule has 0 radical (unpaired) electrons. The summed E-state index contributed by atoms with van der Waals surface area (Å²) in [6.45, 7) is 4.12. The van der Waals surface area contributed by atoms with Gasteiger partial charge in [0.2, 0.25) is 0 Å². The maximum absolute atomic E-state index is 12.6. The van der Waals surface area contributed by atoms with Gasteiger partial charge in [0.15, 0.2) is 0 Å². The molecule has 1 aromatic heterocycles. The Hall–Kier alpha value is -0.630. The lowest BCUT2D eigenvalue weighted by atomic mass is 9.99. The highest BCUT2D eigenvalue weighted by atomic mass is 35.5. The smallest absolute Gasteiger partial charge is 0.141 e. The average Bonchev–Trinajstić information content (AvgIpc) is 2.18. The Morgan fingerprint density at radius 2 is 2.21 bits per heavy atom. The van der Waals surface area contributed by atoms with Gasteiger partial charge in [-0.25, -0.2) is 4.39 Å². The molecule has 0 saturated carbocycles. The molecule has 0 aliphatic heterocycles. The highest BCUT2D eigenvalue weighted by molar-refractivity contribution is 6.21. The quantitative estimate of drug-likeness (QED) is 0.698. The van der Waals surface area contributed by atoms with E-state index < -0.39 is 0 Å². The van der Waals surface area contributed by atoms with Gasteiger partial charge in [-0.2, -0.15) is 0 Å². The van der Waals surface area contributed by atoms with Gasteiger partial charge in [0.05, 0.1) is 6.20 Å². The van der Waals surface area contributed by atoms with Crippen molar-refractivity contribution < 1.29 is 4.39 Å². The number of aromatic nitrogens is 1. The summed E-state index contributed by atoms with van der Waals surface area (Å²) in [5.41, 5.74) is 0.861. The monoisotopic (exact) mass is 215 g/mol. The lowest BCUT2D eigenvalue weighted by Crippen LogP contribution is -2.10. The second-order valence-electron chi connectivity index (χ2n) is 3.49. The van der Waals surface area contributed by atoms with E-state index in [0.29, 0.717) is 0 Å².